The van der Waals surface area contributed by atoms with Crippen molar-refractivity contribution in [3.8, 4) is 0 Å². The van der Waals surface area contributed by atoms with Gasteiger partial charge >= 0.3 is 0 Å². The average molecular weight is 304 g/mol. The zero-order valence-corrected chi connectivity index (χ0v) is 13.2. The summed E-state index contributed by atoms with van der Waals surface area (Å²) in [5.41, 5.74) is 1.48. The Kier molecular flexibility index (Phi) is 2.28. The van der Waals surface area contributed by atoms with Gasteiger partial charge in [-0.2, -0.15) is 0 Å². The predicted octanol–water partition coefficient (Wildman–Crippen LogP) is 5.49. The van der Waals surface area contributed by atoms with Crippen molar-refractivity contribution in [2.75, 3.05) is 0 Å². The number of rotatable bonds is 0. The Morgan fingerprint density at radius 2 is 1.46 bits per heavy atom. The van der Waals surface area contributed by atoms with Crippen LogP contribution >= 0.6 is 0 Å². The molecule has 0 heteroatoms. The molecule has 0 heterocycles. The van der Waals surface area contributed by atoms with Crippen molar-refractivity contribution < 1.29 is 0 Å². The maximum atomic E-state index is 2.49. The molecule has 0 saturated carbocycles. The minimum absolute atomic E-state index is 0.466. The highest BCUT2D eigenvalue weighted by Crippen LogP contribution is 2.41. The molecule has 2 atom stereocenters. The normalized spacial score (nSPS) is 21.3. The molecule has 4 aromatic carbocycles. The van der Waals surface area contributed by atoms with Gasteiger partial charge in [0.15, 0.2) is 0 Å². The Hall–Kier alpha value is -2.86. The van der Waals surface area contributed by atoms with E-state index in [1.54, 1.807) is 0 Å². The van der Waals surface area contributed by atoms with E-state index in [0.29, 0.717) is 11.8 Å². The first-order valence-corrected chi connectivity index (χ1v) is 8.64. The van der Waals surface area contributed by atoms with Gasteiger partial charge in [-0.3, -0.25) is 0 Å². The SMILES string of the molecule is C1=CC2C=c3c4ccccc4c4cccc5ccc(c3c54)C2C=C1. The number of fused-ring (bicyclic) bond motifs is 5. The summed E-state index contributed by atoms with van der Waals surface area (Å²) < 4.78 is 0. The van der Waals surface area contributed by atoms with Gasteiger partial charge in [0.05, 0.1) is 0 Å². The monoisotopic (exact) mass is 304 g/mol. The molecule has 0 spiro atoms. The molecule has 24 heavy (non-hydrogen) atoms. The van der Waals surface area contributed by atoms with Crippen LogP contribution < -0.4 is 5.22 Å². The highest BCUT2D eigenvalue weighted by Gasteiger charge is 2.26. The van der Waals surface area contributed by atoms with E-state index in [1.807, 2.05) is 0 Å². The Morgan fingerprint density at radius 3 is 2.42 bits per heavy atom. The molecule has 0 aliphatic heterocycles. The van der Waals surface area contributed by atoms with E-state index in [1.165, 1.54) is 43.1 Å². The molecule has 0 radical (unpaired) electrons. The van der Waals surface area contributed by atoms with Crippen molar-refractivity contribution in [2.24, 2.45) is 5.92 Å². The van der Waals surface area contributed by atoms with Gasteiger partial charge in [0, 0.05) is 11.8 Å². The quantitative estimate of drug-likeness (QED) is 0.298. The molecule has 0 bridgehead atoms. The van der Waals surface area contributed by atoms with E-state index in [-0.39, 0.29) is 0 Å². The Bertz CT molecular complexity index is 1250. The summed E-state index contributed by atoms with van der Waals surface area (Å²) in [6.45, 7) is 0. The molecule has 2 aliphatic carbocycles. The molecular weight excluding hydrogens is 288 g/mol. The lowest BCUT2D eigenvalue weighted by Gasteiger charge is -2.29. The van der Waals surface area contributed by atoms with Gasteiger partial charge in [-0.1, -0.05) is 85.0 Å². The average Bonchev–Trinajstić information content (AvgIpc) is 2.66. The molecule has 2 aliphatic rings. The van der Waals surface area contributed by atoms with Gasteiger partial charge in [-0.25, -0.2) is 0 Å². The summed E-state index contributed by atoms with van der Waals surface area (Å²) in [6, 6.07) is 20.2. The van der Waals surface area contributed by atoms with E-state index in [4.69, 9.17) is 0 Å². The van der Waals surface area contributed by atoms with Crippen molar-refractivity contribution >= 4 is 38.4 Å². The van der Waals surface area contributed by atoms with Crippen LogP contribution in [-0.2, 0) is 0 Å². The van der Waals surface area contributed by atoms with Gasteiger partial charge in [-0.15, -0.1) is 0 Å². The van der Waals surface area contributed by atoms with Crippen LogP contribution in [0.1, 0.15) is 11.5 Å². The minimum Gasteiger partial charge on any atom is -0.0767 e. The smallest absolute Gasteiger partial charge is 0.0125 e. The van der Waals surface area contributed by atoms with Crippen molar-refractivity contribution in [3.63, 3.8) is 0 Å². The summed E-state index contributed by atoms with van der Waals surface area (Å²) >= 11 is 0. The maximum Gasteiger partial charge on any atom is 0.0125 e. The van der Waals surface area contributed by atoms with Crippen LogP contribution in [0.3, 0.4) is 0 Å². The van der Waals surface area contributed by atoms with Crippen molar-refractivity contribution in [1.29, 1.82) is 0 Å². The van der Waals surface area contributed by atoms with E-state index in [2.05, 4.69) is 85.0 Å². The molecule has 112 valence electrons. The molecular formula is C24H16. The third-order valence-electron chi connectivity index (χ3n) is 5.75. The summed E-state index contributed by atoms with van der Waals surface area (Å²) in [4.78, 5) is 0. The number of hydrogen-bond acceptors (Lipinski definition) is 0. The van der Waals surface area contributed by atoms with E-state index >= 15 is 0 Å². The first-order chi connectivity index (χ1) is 11.9. The number of hydrogen-bond donors (Lipinski definition) is 0. The highest BCUT2D eigenvalue weighted by molar-refractivity contribution is 6.22. The number of benzene rings is 4. The van der Waals surface area contributed by atoms with Gasteiger partial charge in [0.2, 0.25) is 0 Å². The van der Waals surface area contributed by atoms with Crippen LogP contribution in [0.5, 0.6) is 0 Å². The lowest BCUT2D eigenvalue weighted by atomic mass is 9.75. The maximum absolute atomic E-state index is 2.49. The second-order valence-corrected chi connectivity index (χ2v) is 6.93. The van der Waals surface area contributed by atoms with Gasteiger partial charge in [0.1, 0.15) is 0 Å². The summed E-state index contributed by atoms with van der Waals surface area (Å²) in [6.07, 6.45) is 11.6. The third-order valence-corrected chi connectivity index (χ3v) is 5.75. The molecule has 0 fully saturated rings. The second-order valence-electron chi connectivity index (χ2n) is 6.93. The van der Waals surface area contributed by atoms with Crippen molar-refractivity contribution in [2.45, 2.75) is 5.92 Å². The lowest BCUT2D eigenvalue weighted by molar-refractivity contribution is 0.730. The fourth-order valence-corrected chi connectivity index (χ4v) is 4.74. The summed E-state index contributed by atoms with van der Waals surface area (Å²) in [7, 11) is 0. The van der Waals surface area contributed by atoms with Gasteiger partial charge in [-0.05, 0) is 43.1 Å². The van der Waals surface area contributed by atoms with Crippen LogP contribution in [0.15, 0.2) is 78.9 Å². The Labute approximate surface area is 140 Å². The van der Waals surface area contributed by atoms with Gasteiger partial charge in [0.25, 0.3) is 0 Å². The molecule has 0 saturated heterocycles. The minimum atomic E-state index is 0.466. The summed E-state index contributed by atoms with van der Waals surface area (Å²) in [5.74, 6) is 0.935. The molecule has 0 N–H and O–H groups in total. The fourth-order valence-electron chi connectivity index (χ4n) is 4.74. The molecule has 0 nitrogen and oxygen atoms in total. The van der Waals surface area contributed by atoms with Crippen LogP contribution in [0, 0.1) is 5.92 Å². The highest BCUT2D eigenvalue weighted by atomic mass is 14.3. The van der Waals surface area contributed by atoms with E-state index < -0.39 is 0 Å². The van der Waals surface area contributed by atoms with Crippen molar-refractivity contribution in [1.82, 2.24) is 0 Å². The van der Waals surface area contributed by atoms with Crippen molar-refractivity contribution in [3.05, 3.63) is 89.7 Å². The molecule has 6 rings (SSSR count). The fraction of sp³-hybridized carbons (Fsp3) is 0.0833. The van der Waals surface area contributed by atoms with E-state index in [0.717, 1.165) is 0 Å². The van der Waals surface area contributed by atoms with Crippen LogP contribution in [0.25, 0.3) is 38.4 Å². The molecule has 2 unspecified atom stereocenters. The van der Waals surface area contributed by atoms with E-state index in [9.17, 15) is 0 Å². The first kappa shape index (κ1) is 12.5. The topological polar surface area (TPSA) is 0 Å². The Balaban J connectivity index is 1.98. The lowest BCUT2D eigenvalue weighted by Crippen LogP contribution is -2.21. The first-order valence-electron chi connectivity index (χ1n) is 8.64. The molecule has 0 aromatic heterocycles. The van der Waals surface area contributed by atoms with Crippen LogP contribution in [-0.4, -0.2) is 0 Å². The zero-order chi connectivity index (χ0) is 15.7. The Morgan fingerprint density at radius 1 is 0.625 bits per heavy atom. The second kappa shape index (κ2) is 4.36. The summed E-state index contributed by atoms with van der Waals surface area (Å²) in [5, 5.41) is 9.79. The largest absolute Gasteiger partial charge is 0.0767 e. The third kappa shape index (κ3) is 1.44. The van der Waals surface area contributed by atoms with Crippen LogP contribution in [0.4, 0.5) is 0 Å². The van der Waals surface area contributed by atoms with Gasteiger partial charge < -0.3 is 0 Å². The standard InChI is InChI=1S/C24H16/c1-2-8-17-16(6-1)14-22-19-10-4-3-9-18(19)20-11-5-7-15-12-13-21(17)24(22)23(15)20/h1-14,16-17H. The predicted molar refractivity (Wildman–Crippen MR) is 103 cm³/mol. The van der Waals surface area contributed by atoms with Crippen LogP contribution in [0.2, 0.25) is 0 Å². The zero-order valence-electron chi connectivity index (χ0n) is 13.2. The molecule has 0 amide bonds. The molecule has 4 aromatic rings. The number of allylic oxidation sites excluding steroid dienone is 4.